The number of fused-ring (bicyclic) bond motifs is 4. The molecule has 0 radical (unpaired) electrons. The molecule has 3 aromatic heterocycles. The standard InChI is InChI=1S/C29H29ClN8O2/c1-18-4-3-5-26(23-14-20(8-10-31-23)28-24(34-29(18)40)17-33-36(28)2)37-12-9-19(15-27(37)39)22-16-21(30)6-7-25(22)38-13-11-32-35-38/h6-8,10-11,13-18,26H,3-5,9,12H2,1-2H3,(H,34,40)/t18-,26?/m1/s1. The van der Waals surface area contributed by atoms with Gasteiger partial charge >= 0.3 is 0 Å². The number of benzene rings is 1. The highest BCUT2D eigenvalue weighted by Crippen LogP contribution is 2.37. The molecule has 0 saturated heterocycles. The number of hydrogen-bond donors (Lipinski definition) is 1. The predicted molar refractivity (Wildman–Crippen MR) is 152 cm³/mol. The van der Waals surface area contributed by atoms with E-state index < -0.39 is 0 Å². The Balaban J connectivity index is 1.36. The lowest BCUT2D eigenvalue weighted by Gasteiger charge is -2.34. The van der Waals surface area contributed by atoms with Gasteiger partial charge in [-0.3, -0.25) is 19.3 Å². The van der Waals surface area contributed by atoms with E-state index in [1.807, 2.05) is 43.1 Å². The number of aryl methyl sites for hydroxylation is 1. The van der Waals surface area contributed by atoms with Crippen LogP contribution >= 0.6 is 11.6 Å². The Labute approximate surface area is 236 Å². The van der Waals surface area contributed by atoms with Crippen LogP contribution in [0.25, 0.3) is 22.5 Å². The summed E-state index contributed by atoms with van der Waals surface area (Å²) in [5, 5.41) is 16.1. The van der Waals surface area contributed by atoms with E-state index in [-0.39, 0.29) is 23.8 Å². The molecule has 0 aliphatic carbocycles. The van der Waals surface area contributed by atoms with Crippen molar-refractivity contribution in [2.75, 3.05) is 11.9 Å². The third-order valence-electron chi connectivity index (χ3n) is 7.71. The maximum atomic E-state index is 13.7. The van der Waals surface area contributed by atoms with E-state index in [2.05, 4.69) is 20.7 Å². The fraction of sp³-hybridized carbons (Fsp3) is 0.310. The van der Waals surface area contributed by atoms with Crippen molar-refractivity contribution < 1.29 is 9.59 Å². The zero-order valence-corrected chi connectivity index (χ0v) is 23.0. The zero-order chi connectivity index (χ0) is 27.8. The highest BCUT2D eigenvalue weighted by Gasteiger charge is 2.31. The summed E-state index contributed by atoms with van der Waals surface area (Å²) in [4.78, 5) is 33.3. The van der Waals surface area contributed by atoms with Crippen LogP contribution in [0, 0.1) is 5.92 Å². The van der Waals surface area contributed by atoms with E-state index in [1.54, 1.807) is 46.3 Å². The summed E-state index contributed by atoms with van der Waals surface area (Å²) in [5.41, 5.74) is 5.74. The summed E-state index contributed by atoms with van der Waals surface area (Å²) in [6.07, 6.45) is 11.3. The number of anilines is 1. The van der Waals surface area contributed by atoms with Gasteiger partial charge in [0.05, 0.1) is 47.4 Å². The maximum absolute atomic E-state index is 13.7. The minimum Gasteiger partial charge on any atom is -0.330 e. The van der Waals surface area contributed by atoms with Crippen molar-refractivity contribution in [3.8, 4) is 16.9 Å². The van der Waals surface area contributed by atoms with Crippen LogP contribution in [0.3, 0.4) is 0 Å². The Morgan fingerprint density at radius 2 is 1.98 bits per heavy atom. The number of rotatable bonds is 3. The average molecular weight is 557 g/mol. The Kier molecular flexibility index (Phi) is 6.93. The topological polar surface area (TPSA) is 111 Å². The van der Waals surface area contributed by atoms with Gasteiger partial charge in [-0.1, -0.05) is 30.2 Å². The average Bonchev–Trinajstić information content (AvgIpc) is 3.61. The van der Waals surface area contributed by atoms with E-state index in [0.717, 1.165) is 40.2 Å². The molecule has 2 aliphatic rings. The molecule has 1 N–H and O–H groups in total. The number of carbonyl (C=O) groups excluding carboxylic acids is 2. The van der Waals surface area contributed by atoms with Crippen molar-refractivity contribution in [2.24, 2.45) is 13.0 Å². The molecule has 0 fully saturated rings. The lowest BCUT2D eigenvalue weighted by Crippen LogP contribution is -2.38. The molecule has 2 aliphatic heterocycles. The van der Waals surface area contributed by atoms with Crippen molar-refractivity contribution in [3.63, 3.8) is 0 Å². The molecule has 0 spiro atoms. The van der Waals surface area contributed by atoms with Gasteiger partial charge in [0.1, 0.15) is 0 Å². The highest BCUT2D eigenvalue weighted by molar-refractivity contribution is 6.30. The molecule has 1 aromatic carbocycles. The van der Waals surface area contributed by atoms with Crippen LogP contribution in [0.5, 0.6) is 0 Å². The van der Waals surface area contributed by atoms with Crippen LogP contribution in [0.1, 0.15) is 49.9 Å². The van der Waals surface area contributed by atoms with Crippen molar-refractivity contribution in [2.45, 2.75) is 38.6 Å². The van der Waals surface area contributed by atoms with E-state index in [4.69, 9.17) is 16.6 Å². The fourth-order valence-electron chi connectivity index (χ4n) is 5.60. The van der Waals surface area contributed by atoms with Crippen molar-refractivity contribution in [1.29, 1.82) is 0 Å². The van der Waals surface area contributed by atoms with E-state index >= 15 is 0 Å². The van der Waals surface area contributed by atoms with Crippen molar-refractivity contribution >= 4 is 34.7 Å². The number of nitrogens with zero attached hydrogens (tertiary/aromatic N) is 7. The van der Waals surface area contributed by atoms with Gasteiger partial charge in [-0.2, -0.15) is 5.10 Å². The van der Waals surface area contributed by atoms with Gasteiger partial charge in [0.15, 0.2) is 0 Å². The molecule has 2 bridgehead atoms. The van der Waals surface area contributed by atoms with Crippen LogP contribution in [-0.4, -0.2) is 53.0 Å². The second kappa shape index (κ2) is 10.7. The molecule has 2 amide bonds. The van der Waals surface area contributed by atoms with Gasteiger partial charge in [0.2, 0.25) is 11.8 Å². The summed E-state index contributed by atoms with van der Waals surface area (Å²) in [6, 6.07) is 9.24. The smallest absolute Gasteiger partial charge is 0.247 e. The molecule has 40 heavy (non-hydrogen) atoms. The van der Waals surface area contributed by atoms with Crippen LogP contribution in [0.15, 0.2) is 61.2 Å². The summed E-state index contributed by atoms with van der Waals surface area (Å²) in [6.45, 7) is 2.46. The molecule has 10 nitrogen and oxygen atoms in total. The number of hydrogen-bond acceptors (Lipinski definition) is 6. The first-order chi connectivity index (χ1) is 19.4. The molecule has 6 rings (SSSR count). The molecule has 11 heteroatoms. The largest absolute Gasteiger partial charge is 0.330 e. The van der Waals surface area contributed by atoms with E-state index in [9.17, 15) is 9.59 Å². The Morgan fingerprint density at radius 1 is 1.10 bits per heavy atom. The van der Waals surface area contributed by atoms with Gasteiger partial charge < -0.3 is 10.2 Å². The Bertz CT molecular complexity index is 1610. The number of nitrogens with one attached hydrogen (secondary N) is 1. The summed E-state index contributed by atoms with van der Waals surface area (Å²) in [7, 11) is 1.85. The molecule has 1 unspecified atom stereocenters. The van der Waals surface area contributed by atoms with Gasteiger partial charge in [-0.15, -0.1) is 5.10 Å². The minimum atomic E-state index is -0.231. The van der Waals surface area contributed by atoms with Gasteiger partial charge in [-0.05, 0) is 55.2 Å². The quantitative estimate of drug-likeness (QED) is 0.387. The first-order valence-corrected chi connectivity index (χ1v) is 13.7. The molecule has 2 atom stereocenters. The normalized spacial score (nSPS) is 19.8. The molecule has 5 heterocycles. The van der Waals surface area contributed by atoms with Gasteiger partial charge in [0, 0.05) is 47.9 Å². The summed E-state index contributed by atoms with van der Waals surface area (Å²) < 4.78 is 3.43. The minimum absolute atomic E-state index is 0.0352. The lowest BCUT2D eigenvalue weighted by atomic mass is 9.93. The number of halogens is 1. The fourth-order valence-corrected chi connectivity index (χ4v) is 5.77. The first-order valence-electron chi connectivity index (χ1n) is 13.4. The second-order valence-electron chi connectivity index (χ2n) is 10.3. The van der Waals surface area contributed by atoms with Crippen LogP contribution < -0.4 is 5.32 Å². The van der Waals surface area contributed by atoms with Crippen molar-refractivity contribution in [1.82, 2.24) is 34.7 Å². The first kappa shape index (κ1) is 25.9. The lowest BCUT2D eigenvalue weighted by molar-refractivity contribution is -0.129. The number of carbonyl (C=O) groups is 2. The summed E-state index contributed by atoms with van der Waals surface area (Å²) in [5.74, 6) is -0.296. The van der Waals surface area contributed by atoms with E-state index in [0.29, 0.717) is 36.5 Å². The molecular weight excluding hydrogens is 528 g/mol. The molecule has 204 valence electrons. The van der Waals surface area contributed by atoms with Gasteiger partial charge in [0.25, 0.3) is 0 Å². The highest BCUT2D eigenvalue weighted by atomic mass is 35.5. The Morgan fingerprint density at radius 3 is 2.77 bits per heavy atom. The Hall–Kier alpha value is -4.31. The third kappa shape index (κ3) is 4.90. The van der Waals surface area contributed by atoms with Crippen LogP contribution in [-0.2, 0) is 16.6 Å². The number of aromatic nitrogens is 6. The number of amides is 2. The van der Waals surface area contributed by atoms with Crippen molar-refractivity contribution in [3.05, 3.63) is 77.5 Å². The predicted octanol–water partition coefficient (Wildman–Crippen LogP) is 4.83. The van der Waals surface area contributed by atoms with E-state index in [1.165, 1.54) is 0 Å². The maximum Gasteiger partial charge on any atom is 0.247 e. The molecule has 0 saturated carbocycles. The monoisotopic (exact) mass is 556 g/mol. The molecule has 4 aromatic rings. The summed E-state index contributed by atoms with van der Waals surface area (Å²) >= 11 is 6.36. The number of pyridine rings is 1. The SMILES string of the molecule is C[C@@H]1CCCC(N2CCC(c3cc(Cl)ccc3-n3ccnn3)=CC2=O)c2cc(ccn2)-c2c(cnn2C)NC1=O. The zero-order valence-electron chi connectivity index (χ0n) is 22.3. The second-order valence-corrected chi connectivity index (χ2v) is 10.7. The third-order valence-corrected chi connectivity index (χ3v) is 7.94. The van der Waals surface area contributed by atoms with Gasteiger partial charge in [-0.25, -0.2) is 4.68 Å². The van der Waals surface area contributed by atoms with Crippen LogP contribution in [0.2, 0.25) is 5.02 Å². The van der Waals surface area contributed by atoms with Crippen LogP contribution in [0.4, 0.5) is 5.69 Å². The molecular formula is C29H29ClN8O2.